The normalized spacial score (nSPS) is 17.0. The van der Waals surface area contributed by atoms with Crippen LogP contribution in [0.5, 0.6) is 11.5 Å². The smallest absolute Gasteiger partial charge is 0.254 e. The highest BCUT2D eigenvalue weighted by atomic mass is 79.9. The molecule has 0 radical (unpaired) electrons. The molecule has 0 spiro atoms. The number of fused-ring (bicyclic) bond motifs is 1. The van der Waals surface area contributed by atoms with Gasteiger partial charge in [-0.2, -0.15) is 0 Å². The van der Waals surface area contributed by atoms with Crippen LogP contribution in [0.15, 0.2) is 21.6 Å². The molecule has 0 saturated heterocycles. The lowest BCUT2D eigenvalue weighted by atomic mass is 9.93. The summed E-state index contributed by atoms with van der Waals surface area (Å²) in [7, 11) is 0. The van der Waals surface area contributed by atoms with Crippen molar-refractivity contribution in [3.63, 3.8) is 0 Å². The highest BCUT2D eigenvalue weighted by molar-refractivity contribution is 9.10. The number of nitrogens with one attached hydrogen (secondary N) is 1. The Morgan fingerprint density at radius 2 is 2.03 bits per heavy atom. The monoisotopic (exact) mass is 504 g/mol. The van der Waals surface area contributed by atoms with Gasteiger partial charge in [0.1, 0.15) is 5.00 Å². The van der Waals surface area contributed by atoms with Crippen LogP contribution in [-0.2, 0) is 12.8 Å². The van der Waals surface area contributed by atoms with Crippen molar-refractivity contribution in [2.75, 3.05) is 6.61 Å². The van der Waals surface area contributed by atoms with Crippen molar-refractivity contribution in [1.29, 1.82) is 0 Å². The Balaban J connectivity index is 1.63. The van der Waals surface area contributed by atoms with Crippen LogP contribution in [0.4, 0.5) is 5.00 Å². The lowest BCUT2D eigenvalue weighted by Gasteiger charge is -2.23. The van der Waals surface area contributed by atoms with Gasteiger partial charge in [-0.3, -0.25) is 4.79 Å². The topological polar surface area (TPSA) is 70.9 Å². The molecule has 1 amide bonds. The lowest BCUT2D eigenvalue weighted by Crippen LogP contribution is -2.36. The first-order valence-corrected chi connectivity index (χ1v) is 12.8. The molecule has 31 heavy (non-hydrogen) atoms. The summed E-state index contributed by atoms with van der Waals surface area (Å²) in [6.07, 6.45) is 11.8. The fourth-order valence-electron chi connectivity index (χ4n) is 4.45. The SMILES string of the molecule is CCOc1cc(/C=N\c2sc3c(c2C(=O)NC2CCCCC2)CCCC3)cc(Br)c1O. The van der Waals surface area contributed by atoms with Crippen molar-refractivity contribution in [2.45, 2.75) is 70.8 Å². The Morgan fingerprint density at radius 3 is 2.81 bits per heavy atom. The molecule has 1 fully saturated rings. The second-order valence-corrected chi connectivity index (χ2v) is 10.2. The van der Waals surface area contributed by atoms with Crippen LogP contribution in [0.3, 0.4) is 0 Å². The molecule has 7 heteroatoms. The molecule has 2 aliphatic carbocycles. The maximum Gasteiger partial charge on any atom is 0.254 e. The summed E-state index contributed by atoms with van der Waals surface area (Å²) < 4.78 is 6.08. The number of ether oxygens (including phenoxy) is 1. The van der Waals surface area contributed by atoms with Gasteiger partial charge in [0.25, 0.3) is 5.91 Å². The molecule has 0 aliphatic heterocycles. The highest BCUT2D eigenvalue weighted by Crippen LogP contribution is 2.40. The van der Waals surface area contributed by atoms with E-state index in [2.05, 4.69) is 21.2 Å². The van der Waals surface area contributed by atoms with E-state index in [1.54, 1.807) is 29.7 Å². The van der Waals surface area contributed by atoms with Crippen molar-refractivity contribution >= 4 is 44.4 Å². The van der Waals surface area contributed by atoms with Gasteiger partial charge in [-0.1, -0.05) is 19.3 Å². The molecule has 2 aliphatic rings. The number of benzene rings is 1. The number of aryl methyl sites for hydroxylation is 1. The Morgan fingerprint density at radius 1 is 1.26 bits per heavy atom. The van der Waals surface area contributed by atoms with Crippen molar-refractivity contribution in [3.05, 3.63) is 38.2 Å². The molecular formula is C24H29BrN2O3S. The van der Waals surface area contributed by atoms with Gasteiger partial charge in [-0.05, 0) is 84.6 Å². The maximum atomic E-state index is 13.3. The number of phenolic OH excluding ortho intramolecular Hbond substituents is 1. The minimum absolute atomic E-state index is 0.0281. The number of nitrogens with zero attached hydrogens (tertiary/aromatic N) is 1. The summed E-state index contributed by atoms with van der Waals surface area (Å²) in [6.45, 7) is 2.34. The van der Waals surface area contributed by atoms with Crippen LogP contribution in [-0.4, -0.2) is 29.9 Å². The third-order valence-corrected chi connectivity index (χ3v) is 7.81. The number of hydrogen-bond acceptors (Lipinski definition) is 5. The zero-order valence-electron chi connectivity index (χ0n) is 17.9. The molecule has 1 heterocycles. The van der Waals surface area contributed by atoms with Crippen molar-refractivity contribution in [3.8, 4) is 11.5 Å². The van der Waals surface area contributed by atoms with E-state index >= 15 is 0 Å². The van der Waals surface area contributed by atoms with E-state index in [1.807, 2.05) is 6.92 Å². The summed E-state index contributed by atoms with van der Waals surface area (Å²) in [4.78, 5) is 19.3. The molecule has 0 bridgehead atoms. The number of thiophene rings is 1. The molecule has 5 nitrogen and oxygen atoms in total. The Labute approximate surface area is 196 Å². The molecule has 2 aromatic rings. The van der Waals surface area contributed by atoms with Crippen LogP contribution in [0.25, 0.3) is 0 Å². The van der Waals surface area contributed by atoms with E-state index < -0.39 is 0 Å². The Bertz CT molecular complexity index is 980. The van der Waals surface area contributed by atoms with Gasteiger partial charge in [0.2, 0.25) is 0 Å². The summed E-state index contributed by atoms with van der Waals surface area (Å²) in [5.41, 5.74) is 2.76. The van der Waals surface area contributed by atoms with Crippen molar-refractivity contribution in [1.82, 2.24) is 5.32 Å². The van der Waals surface area contributed by atoms with E-state index in [1.165, 1.54) is 36.1 Å². The Kier molecular flexibility index (Phi) is 7.33. The van der Waals surface area contributed by atoms with E-state index in [0.717, 1.165) is 48.2 Å². The predicted molar refractivity (Wildman–Crippen MR) is 130 cm³/mol. The summed E-state index contributed by atoms with van der Waals surface area (Å²) in [5.74, 6) is 0.526. The van der Waals surface area contributed by atoms with Crippen molar-refractivity contribution < 1.29 is 14.6 Å². The largest absolute Gasteiger partial charge is 0.503 e. The van der Waals surface area contributed by atoms with Gasteiger partial charge >= 0.3 is 0 Å². The molecule has 4 rings (SSSR count). The van der Waals surface area contributed by atoms with Crippen LogP contribution >= 0.6 is 27.3 Å². The van der Waals surface area contributed by atoms with E-state index in [9.17, 15) is 9.90 Å². The van der Waals surface area contributed by atoms with Crippen LogP contribution in [0, 0.1) is 0 Å². The van der Waals surface area contributed by atoms with Gasteiger partial charge in [0, 0.05) is 17.1 Å². The van der Waals surface area contributed by atoms with Crippen LogP contribution in [0.1, 0.15) is 78.2 Å². The number of carbonyl (C=O) groups is 1. The Hall–Kier alpha value is -1.86. The fourth-order valence-corrected chi connectivity index (χ4v) is 6.14. The predicted octanol–water partition coefficient (Wildman–Crippen LogP) is 6.31. The first kappa shape index (κ1) is 22.3. The zero-order valence-corrected chi connectivity index (χ0v) is 20.3. The third-order valence-electron chi connectivity index (χ3n) is 6.00. The highest BCUT2D eigenvalue weighted by Gasteiger charge is 2.27. The quantitative estimate of drug-likeness (QED) is 0.452. The molecule has 1 saturated carbocycles. The number of aromatic hydroxyl groups is 1. The average molecular weight is 505 g/mol. The first-order chi connectivity index (χ1) is 15.1. The first-order valence-electron chi connectivity index (χ1n) is 11.2. The van der Waals surface area contributed by atoms with Gasteiger partial charge in [0.15, 0.2) is 11.5 Å². The van der Waals surface area contributed by atoms with Crippen LogP contribution < -0.4 is 10.1 Å². The van der Waals surface area contributed by atoms with Gasteiger partial charge < -0.3 is 15.2 Å². The second-order valence-electron chi connectivity index (χ2n) is 8.24. The molecule has 1 aromatic heterocycles. The molecule has 2 N–H and O–H groups in total. The fraction of sp³-hybridized carbons (Fsp3) is 0.500. The number of aliphatic imine (C=N–C) groups is 1. The van der Waals surface area contributed by atoms with E-state index in [4.69, 9.17) is 9.73 Å². The number of halogens is 1. The lowest BCUT2D eigenvalue weighted by molar-refractivity contribution is 0.0927. The minimum atomic E-state index is 0.0281. The zero-order chi connectivity index (χ0) is 21.8. The molecule has 1 aromatic carbocycles. The summed E-state index contributed by atoms with van der Waals surface area (Å²) in [6, 6.07) is 3.85. The molecule has 0 unspecified atom stereocenters. The molecular weight excluding hydrogens is 476 g/mol. The van der Waals surface area contributed by atoms with Gasteiger partial charge in [-0.15, -0.1) is 11.3 Å². The average Bonchev–Trinajstić information content (AvgIpc) is 3.15. The standard InChI is InChI=1S/C24H29BrN2O3S/c1-2-30-19-13-15(12-18(25)22(19)28)14-26-24-21(17-10-6-7-11-20(17)31-24)23(29)27-16-8-4-3-5-9-16/h12-14,16,28H,2-11H2,1H3,(H,27,29)/b26-14-. The minimum Gasteiger partial charge on any atom is -0.503 e. The van der Waals surface area contributed by atoms with Crippen molar-refractivity contribution in [2.24, 2.45) is 4.99 Å². The summed E-state index contributed by atoms with van der Waals surface area (Å²) in [5, 5.41) is 14.2. The van der Waals surface area contributed by atoms with E-state index in [-0.39, 0.29) is 17.7 Å². The number of rotatable bonds is 6. The van der Waals surface area contributed by atoms with Gasteiger partial charge in [-0.25, -0.2) is 4.99 Å². The second kappa shape index (κ2) is 10.2. The molecule has 166 valence electrons. The van der Waals surface area contributed by atoms with E-state index in [0.29, 0.717) is 16.8 Å². The number of hydrogen-bond donors (Lipinski definition) is 2. The maximum absolute atomic E-state index is 13.3. The van der Waals surface area contributed by atoms with Gasteiger partial charge in [0.05, 0.1) is 16.6 Å². The number of carbonyl (C=O) groups excluding carboxylic acids is 1. The number of phenols is 1. The number of amides is 1. The summed E-state index contributed by atoms with van der Waals surface area (Å²) >= 11 is 5.02. The third kappa shape index (κ3) is 5.14. The molecule has 0 atom stereocenters. The van der Waals surface area contributed by atoms with Crippen LogP contribution in [0.2, 0.25) is 0 Å².